The Bertz CT molecular complexity index is 1060. The molecule has 2 saturated heterocycles. The lowest BCUT2D eigenvalue weighted by Gasteiger charge is -2.54. The molecular weight excluding hydrogens is 445 g/mol. The van der Waals surface area contributed by atoms with E-state index in [4.69, 9.17) is 14.6 Å². The lowest BCUT2D eigenvalue weighted by Crippen LogP contribution is -2.73. The van der Waals surface area contributed by atoms with Crippen molar-refractivity contribution in [1.29, 1.82) is 0 Å². The van der Waals surface area contributed by atoms with Crippen molar-refractivity contribution in [2.75, 3.05) is 40.3 Å². The van der Waals surface area contributed by atoms with Gasteiger partial charge in [-0.25, -0.2) is 4.79 Å². The highest BCUT2D eigenvalue weighted by atomic mass is 19.4. The maximum atomic E-state index is 13.0. The van der Waals surface area contributed by atoms with Gasteiger partial charge in [-0.15, -0.1) is 0 Å². The number of nitrogens with zero attached hydrogens (tertiary/aromatic N) is 3. The van der Waals surface area contributed by atoms with Crippen molar-refractivity contribution in [3.05, 3.63) is 36.0 Å². The predicted octanol–water partition coefficient (Wildman–Crippen LogP) is 1.08. The number of carbonyl (C=O) groups excluding carboxylic acids is 2. The summed E-state index contributed by atoms with van der Waals surface area (Å²) in [6.07, 6.45) is -3.19. The van der Waals surface area contributed by atoms with Gasteiger partial charge in [0.25, 0.3) is 5.91 Å². The standard InChI is InChI=1S/C19H24N4O3.C2HF3O2/c1-20-17(24)16-9-26-19(10-22(16)3)11-23(12-19)18(25)14-8-21(2)15-7-5-4-6-13(14)15;3-2(4,5)1(6)7/h4-8,16H,9-12H2,1-3H3,(H,20,24);(H,6,7). The molecule has 2 aromatic rings. The van der Waals surface area contributed by atoms with Crippen LogP contribution in [0.5, 0.6) is 0 Å². The molecule has 1 aromatic heterocycles. The van der Waals surface area contributed by atoms with Crippen LogP contribution < -0.4 is 5.32 Å². The maximum Gasteiger partial charge on any atom is 0.490 e. The first-order valence-corrected chi connectivity index (χ1v) is 10.1. The van der Waals surface area contributed by atoms with Crippen LogP contribution in [0.25, 0.3) is 10.9 Å². The number of hydrogen-bond acceptors (Lipinski definition) is 5. The van der Waals surface area contributed by atoms with Crippen molar-refractivity contribution >= 4 is 28.7 Å². The van der Waals surface area contributed by atoms with Gasteiger partial charge < -0.3 is 24.6 Å². The second kappa shape index (κ2) is 9.02. The van der Waals surface area contributed by atoms with Crippen LogP contribution in [0.4, 0.5) is 13.2 Å². The summed E-state index contributed by atoms with van der Waals surface area (Å²) in [5, 5.41) is 10.8. The summed E-state index contributed by atoms with van der Waals surface area (Å²) >= 11 is 0. The molecule has 4 rings (SSSR count). The minimum Gasteiger partial charge on any atom is -0.475 e. The molecule has 0 aliphatic carbocycles. The Morgan fingerprint density at radius 1 is 1.15 bits per heavy atom. The molecule has 2 amide bonds. The van der Waals surface area contributed by atoms with Crippen molar-refractivity contribution in [2.24, 2.45) is 7.05 Å². The van der Waals surface area contributed by atoms with Crippen molar-refractivity contribution in [2.45, 2.75) is 17.8 Å². The number of aliphatic carboxylic acids is 1. The van der Waals surface area contributed by atoms with Crippen LogP contribution in [0, 0.1) is 0 Å². The van der Waals surface area contributed by atoms with Crippen LogP contribution in [-0.2, 0) is 21.4 Å². The molecule has 0 bridgehead atoms. The molecule has 1 spiro atoms. The van der Waals surface area contributed by atoms with E-state index in [9.17, 15) is 22.8 Å². The lowest BCUT2D eigenvalue weighted by atomic mass is 9.90. The number of fused-ring (bicyclic) bond motifs is 1. The number of halogens is 3. The number of likely N-dealkylation sites (N-methyl/N-ethyl adjacent to an activating group) is 2. The third-order valence-corrected chi connectivity index (χ3v) is 5.78. The molecule has 1 aromatic carbocycles. The number of hydrogen-bond donors (Lipinski definition) is 2. The van der Waals surface area contributed by atoms with Gasteiger partial charge in [-0.3, -0.25) is 14.5 Å². The summed E-state index contributed by atoms with van der Waals surface area (Å²) in [6, 6.07) is 7.66. The minimum absolute atomic E-state index is 0.0344. The Hall–Kier alpha value is -3.12. The number of carbonyl (C=O) groups is 3. The average Bonchev–Trinajstić information content (AvgIpc) is 3.07. The zero-order valence-electron chi connectivity index (χ0n) is 18.3. The second-order valence-electron chi connectivity index (χ2n) is 8.17. The first-order chi connectivity index (χ1) is 15.4. The van der Waals surface area contributed by atoms with E-state index in [-0.39, 0.29) is 23.5 Å². The third-order valence-electron chi connectivity index (χ3n) is 5.78. The third kappa shape index (κ3) is 4.96. The Kier molecular flexibility index (Phi) is 6.70. The van der Waals surface area contributed by atoms with Gasteiger partial charge in [0.1, 0.15) is 11.6 Å². The van der Waals surface area contributed by atoms with E-state index in [2.05, 4.69) is 5.32 Å². The Balaban J connectivity index is 0.000000383. The molecule has 2 aliphatic rings. The molecule has 1 unspecified atom stereocenters. The van der Waals surface area contributed by atoms with Crippen LogP contribution in [0.15, 0.2) is 30.5 Å². The van der Waals surface area contributed by atoms with Crippen LogP contribution in [-0.4, -0.2) is 95.4 Å². The van der Waals surface area contributed by atoms with Gasteiger partial charge in [0.05, 0.1) is 25.3 Å². The highest BCUT2D eigenvalue weighted by Crippen LogP contribution is 2.33. The number of para-hydroxylation sites is 1. The molecule has 2 fully saturated rings. The normalized spacial score (nSPS) is 20.1. The number of carboxylic acid groups (broad SMARTS) is 1. The molecular formula is C21H25F3N4O5. The van der Waals surface area contributed by atoms with E-state index in [1.165, 1.54) is 0 Å². The van der Waals surface area contributed by atoms with E-state index < -0.39 is 12.1 Å². The zero-order valence-corrected chi connectivity index (χ0v) is 18.3. The number of carboxylic acids is 1. The Morgan fingerprint density at radius 3 is 2.30 bits per heavy atom. The molecule has 9 nitrogen and oxygen atoms in total. The number of alkyl halides is 3. The maximum absolute atomic E-state index is 13.0. The van der Waals surface area contributed by atoms with Crippen LogP contribution in [0.2, 0.25) is 0 Å². The molecule has 1 atom stereocenters. The molecule has 2 aliphatic heterocycles. The second-order valence-corrected chi connectivity index (χ2v) is 8.17. The topological polar surface area (TPSA) is 104 Å². The van der Waals surface area contributed by atoms with Crippen molar-refractivity contribution < 1.29 is 37.4 Å². The number of ether oxygens (including phenoxy) is 1. The summed E-state index contributed by atoms with van der Waals surface area (Å²) in [6.45, 7) is 2.11. The number of morpholine rings is 1. The number of benzene rings is 1. The number of rotatable bonds is 2. The first-order valence-electron chi connectivity index (χ1n) is 10.1. The number of aromatic nitrogens is 1. The van der Waals surface area contributed by atoms with Gasteiger partial charge in [0.15, 0.2) is 0 Å². The molecule has 2 N–H and O–H groups in total. The smallest absolute Gasteiger partial charge is 0.475 e. The van der Waals surface area contributed by atoms with Crippen LogP contribution >= 0.6 is 0 Å². The molecule has 3 heterocycles. The Labute approximate surface area is 187 Å². The van der Waals surface area contributed by atoms with E-state index in [1.807, 2.05) is 58.9 Å². The van der Waals surface area contributed by atoms with Crippen molar-refractivity contribution in [1.82, 2.24) is 19.7 Å². The largest absolute Gasteiger partial charge is 0.490 e. The van der Waals surface area contributed by atoms with E-state index in [0.717, 1.165) is 16.5 Å². The van der Waals surface area contributed by atoms with Crippen LogP contribution in [0.3, 0.4) is 0 Å². The van der Waals surface area contributed by atoms with E-state index in [1.54, 1.807) is 7.05 Å². The highest BCUT2D eigenvalue weighted by molar-refractivity contribution is 6.07. The summed E-state index contributed by atoms with van der Waals surface area (Å²) in [4.78, 5) is 37.6. The monoisotopic (exact) mass is 470 g/mol. The number of likely N-dealkylation sites (tertiary alicyclic amines) is 1. The van der Waals surface area contributed by atoms with Crippen molar-refractivity contribution in [3.63, 3.8) is 0 Å². The zero-order chi connectivity index (χ0) is 24.6. The van der Waals surface area contributed by atoms with E-state index in [0.29, 0.717) is 26.2 Å². The van der Waals surface area contributed by atoms with Gasteiger partial charge in [-0.2, -0.15) is 13.2 Å². The van der Waals surface area contributed by atoms with E-state index >= 15 is 0 Å². The molecule has 12 heteroatoms. The van der Waals surface area contributed by atoms with Crippen LogP contribution in [0.1, 0.15) is 10.4 Å². The van der Waals surface area contributed by atoms with Gasteiger partial charge in [-0.1, -0.05) is 18.2 Å². The van der Waals surface area contributed by atoms with Gasteiger partial charge in [0, 0.05) is 37.7 Å². The van der Waals surface area contributed by atoms with Gasteiger partial charge >= 0.3 is 12.1 Å². The number of amides is 2. The molecule has 0 radical (unpaired) electrons. The first kappa shape index (κ1) is 24.5. The lowest BCUT2D eigenvalue weighted by molar-refractivity contribution is -0.192. The highest BCUT2D eigenvalue weighted by Gasteiger charge is 2.51. The molecule has 33 heavy (non-hydrogen) atoms. The van der Waals surface area contributed by atoms with Gasteiger partial charge in [0.2, 0.25) is 5.91 Å². The quantitative estimate of drug-likeness (QED) is 0.681. The fourth-order valence-corrected chi connectivity index (χ4v) is 4.10. The fourth-order valence-electron chi connectivity index (χ4n) is 4.10. The SMILES string of the molecule is CNC(=O)C1COC2(CN(C(=O)c3cn(C)c4ccccc34)C2)CN1C.O=C(O)C(F)(F)F. The average molecular weight is 470 g/mol. The Morgan fingerprint density at radius 2 is 1.76 bits per heavy atom. The summed E-state index contributed by atoms with van der Waals surface area (Å²) in [5.41, 5.74) is 1.41. The number of aryl methyl sites for hydroxylation is 1. The summed E-state index contributed by atoms with van der Waals surface area (Å²) in [7, 11) is 5.52. The molecule has 0 saturated carbocycles. The predicted molar refractivity (Wildman–Crippen MR) is 112 cm³/mol. The van der Waals surface area contributed by atoms with Gasteiger partial charge in [-0.05, 0) is 13.1 Å². The molecule has 180 valence electrons. The van der Waals surface area contributed by atoms with Crippen molar-refractivity contribution in [3.8, 4) is 0 Å². The summed E-state index contributed by atoms with van der Waals surface area (Å²) in [5.74, 6) is -2.76. The fraction of sp³-hybridized carbons (Fsp3) is 0.476. The summed E-state index contributed by atoms with van der Waals surface area (Å²) < 4.78 is 39.7. The minimum atomic E-state index is -5.08. The number of nitrogens with one attached hydrogen (secondary N) is 1.